The summed E-state index contributed by atoms with van der Waals surface area (Å²) in [4.78, 5) is 0. The van der Waals surface area contributed by atoms with Gasteiger partial charge in [0.25, 0.3) is 0 Å². The lowest BCUT2D eigenvalue weighted by molar-refractivity contribution is 0.290. The van der Waals surface area contributed by atoms with Gasteiger partial charge in [0, 0.05) is 19.0 Å². The van der Waals surface area contributed by atoms with Crippen LogP contribution in [0.2, 0.25) is 0 Å². The Morgan fingerprint density at radius 2 is 2.00 bits per heavy atom. The van der Waals surface area contributed by atoms with Gasteiger partial charge in [-0.05, 0) is 48.9 Å². The molecule has 0 atom stereocenters. The Kier molecular flexibility index (Phi) is 3.69. The van der Waals surface area contributed by atoms with Crippen LogP contribution in [-0.4, -0.2) is 12.6 Å². The maximum Gasteiger partial charge on any atom is 0.105 e. The van der Waals surface area contributed by atoms with Gasteiger partial charge in [0.15, 0.2) is 0 Å². The van der Waals surface area contributed by atoms with Crippen LogP contribution in [-0.2, 0) is 6.42 Å². The highest BCUT2D eigenvalue weighted by Crippen LogP contribution is 2.38. The molecular weight excluding hydrogens is 234 g/mol. The molecule has 1 N–H and O–H groups in total. The Morgan fingerprint density at radius 1 is 1.16 bits per heavy atom. The van der Waals surface area contributed by atoms with Gasteiger partial charge in [0.05, 0.1) is 6.26 Å². The molecule has 0 radical (unpaired) electrons. The molecule has 1 aliphatic carbocycles. The summed E-state index contributed by atoms with van der Waals surface area (Å²) in [6.07, 6.45) is 5.26. The third kappa shape index (κ3) is 2.90. The Labute approximate surface area is 114 Å². The van der Waals surface area contributed by atoms with Crippen LogP contribution in [0.5, 0.6) is 0 Å². The van der Waals surface area contributed by atoms with E-state index in [1.54, 1.807) is 6.26 Å². The monoisotopic (exact) mass is 255 g/mol. The topological polar surface area (TPSA) is 25.2 Å². The summed E-state index contributed by atoms with van der Waals surface area (Å²) in [6.45, 7) is 3.23. The smallest absolute Gasteiger partial charge is 0.105 e. The molecule has 3 rings (SSSR count). The predicted octanol–water partition coefficient (Wildman–Crippen LogP) is 3.67. The quantitative estimate of drug-likeness (QED) is 0.882. The van der Waals surface area contributed by atoms with E-state index in [0.29, 0.717) is 6.04 Å². The highest BCUT2D eigenvalue weighted by Gasteiger charge is 2.30. The third-order valence-electron chi connectivity index (χ3n) is 4.15. The van der Waals surface area contributed by atoms with Crippen molar-refractivity contribution in [1.82, 2.24) is 5.32 Å². The van der Waals surface area contributed by atoms with E-state index in [4.69, 9.17) is 4.42 Å². The van der Waals surface area contributed by atoms with Gasteiger partial charge >= 0.3 is 0 Å². The number of aryl methyl sites for hydroxylation is 1. The minimum atomic E-state index is 0.680. The molecule has 1 fully saturated rings. The molecule has 1 aromatic carbocycles. The number of hydrogen-bond donors (Lipinski definition) is 1. The Balaban J connectivity index is 1.42. The maximum absolute atomic E-state index is 5.33. The van der Waals surface area contributed by atoms with Crippen LogP contribution in [0.3, 0.4) is 0 Å². The molecule has 1 aliphatic rings. The molecule has 2 heteroatoms. The summed E-state index contributed by atoms with van der Waals surface area (Å²) in [5.74, 6) is 1.82. The van der Waals surface area contributed by atoms with E-state index in [1.807, 2.05) is 12.1 Å². The molecule has 0 saturated heterocycles. The number of hydrogen-bond acceptors (Lipinski definition) is 2. The first kappa shape index (κ1) is 12.5. The molecular formula is C17H21NO. The van der Waals surface area contributed by atoms with E-state index < -0.39 is 0 Å². The molecule has 0 spiro atoms. The molecule has 2 aromatic rings. The van der Waals surface area contributed by atoms with Gasteiger partial charge in [-0.3, -0.25) is 0 Å². The molecule has 2 nitrogen and oxygen atoms in total. The van der Waals surface area contributed by atoms with Crippen molar-refractivity contribution < 1.29 is 4.42 Å². The minimum Gasteiger partial charge on any atom is -0.469 e. The second-order valence-electron chi connectivity index (χ2n) is 5.51. The van der Waals surface area contributed by atoms with Crippen molar-refractivity contribution >= 4 is 0 Å². The Hall–Kier alpha value is -1.54. The summed E-state index contributed by atoms with van der Waals surface area (Å²) in [5, 5.41) is 3.62. The van der Waals surface area contributed by atoms with Crippen molar-refractivity contribution in [2.24, 2.45) is 0 Å². The summed E-state index contributed by atoms with van der Waals surface area (Å²) in [7, 11) is 0. The van der Waals surface area contributed by atoms with Crippen LogP contribution in [0.1, 0.15) is 35.6 Å². The Morgan fingerprint density at radius 3 is 2.74 bits per heavy atom. The summed E-state index contributed by atoms with van der Waals surface area (Å²) in [5.41, 5.74) is 2.97. The van der Waals surface area contributed by atoms with Crippen molar-refractivity contribution in [2.75, 3.05) is 6.54 Å². The van der Waals surface area contributed by atoms with Crippen molar-refractivity contribution in [3.8, 4) is 0 Å². The van der Waals surface area contributed by atoms with Crippen molar-refractivity contribution in [2.45, 2.75) is 38.1 Å². The van der Waals surface area contributed by atoms with E-state index in [-0.39, 0.29) is 0 Å². The fraction of sp³-hybridized carbons (Fsp3) is 0.412. The highest BCUT2D eigenvalue weighted by molar-refractivity contribution is 5.31. The van der Waals surface area contributed by atoms with E-state index in [1.165, 1.54) is 24.0 Å². The van der Waals surface area contributed by atoms with Crippen molar-refractivity contribution in [3.05, 3.63) is 59.5 Å². The lowest BCUT2D eigenvalue weighted by atomic mass is 9.74. The molecule has 1 saturated carbocycles. The summed E-state index contributed by atoms with van der Waals surface area (Å²) >= 11 is 0. The first-order valence-electron chi connectivity index (χ1n) is 7.14. The maximum atomic E-state index is 5.33. The SMILES string of the molecule is Cc1ccccc1C1CC(NCCc2ccco2)C1. The minimum absolute atomic E-state index is 0.680. The molecule has 0 bridgehead atoms. The van der Waals surface area contributed by atoms with Gasteiger partial charge in [-0.1, -0.05) is 24.3 Å². The standard InChI is InChI=1S/C17H21NO/c1-13-5-2-3-7-17(13)14-11-15(12-14)18-9-8-16-6-4-10-19-16/h2-7,10,14-15,18H,8-9,11-12H2,1H3. The average Bonchev–Trinajstić information content (AvgIpc) is 2.87. The number of benzene rings is 1. The third-order valence-corrected chi connectivity index (χ3v) is 4.15. The van der Waals surface area contributed by atoms with Gasteiger partial charge in [-0.15, -0.1) is 0 Å². The van der Waals surface area contributed by atoms with E-state index in [2.05, 4.69) is 36.5 Å². The first-order chi connectivity index (χ1) is 9.33. The van der Waals surface area contributed by atoms with Crippen molar-refractivity contribution in [3.63, 3.8) is 0 Å². The molecule has 0 unspecified atom stereocenters. The van der Waals surface area contributed by atoms with Crippen LogP contribution >= 0.6 is 0 Å². The predicted molar refractivity (Wildman–Crippen MR) is 77.4 cm³/mol. The lowest BCUT2D eigenvalue weighted by Gasteiger charge is -2.37. The fourth-order valence-electron chi connectivity index (χ4n) is 2.94. The van der Waals surface area contributed by atoms with Crippen molar-refractivity contribution in [1.29, 1.82) is 0 Å². The molecule has 0 amide bonds. The number of nitrogens with one attached hydrogen (secondary N) is 1. The zero-order valence-corrected chi connectivity index (χ0v) is 11.4. The van der Waals surface area contributed by atoms with Gasteiger partial charge in [-0.25, -0.2) is 0 Å². The highest BCUT2D eigenvalue weighted by atomic mass is 16.3. The van der Waals surface area contributed by atoms with Crippen LogP contribution in [0.25, 0.3) is 0 Å². The average molecular weight is 255 g/mol. The van der Waals surface area contributed by atoms with Crippen LogP contribution < -0.4 is 5.32 Å². The largest absolute Gasteiger partial charge is 0.469 e. The fourth-order valence-corrected chi connectivity index (χ4v) is 2.94. The number of rotatable bonds is 5. The molecule has 19 heavy (non-hydrogen) atoms. The van der Waals surface area contributed by atoms with Crippen LogP contribution in [0.4, 0.5) is 0 Å². The van der Waals surface area contributed by atoms with E-state index in [9.17, 15) is 0 Å². The van der Waals surface area contributed by atoms with Crippen LogP contribution in [0, 0.1) is 6.92 Å². The van der Waals surface area contributed by atoms with Crippen LogP contribution in [0.15, 0.2) is 47.1 Å². The molecule has 0 aliphatic heterocycles. The van der Waals surface area contributed by atoms with Gasteiger partial charge in [-0.2, -0.15) is 0 Å². The lowest BCUT2D eigenvalue weighted by Crippen LogP contribution is -2.41. The van der Waals surface area contributed by atoms with Gasteiger partial charge in [0.1, 0.15) is 5.76 Å². The Bertz CT molecular complexity index is 512. The second kappa shape index (κ2) is 5.62. The zero-order chi connectivity index (χ0) is 13.1. The molecule has 1 aromatic heterocycles. The second-order valence-corrected chi connectivity index (χ2v) is 5.51. The van der Waals surface area contributed by atoms with E-state index >= 15 is 0 Å². The zero-order valence-electron chi connectivity index (χ0n) is 11.4. The van der Waals surface area contributed by atoms with Gasteiger partial charge < -0.3 is 9.73 Å². The summed E-state index contributed by atoms with van der Waals surface area (Å²) in [6, 6.07) is 13.4. The number of furan rings is 1. The van der Waals surface area contributed by atoms with Gasteiger partial charge in [0.2, 0.25) is 0 Å². The van der Waals surface area contributed by atoms with E-state index in [0.717, 1.165) is 24.6 Å². The summed E-state index contributed by atoms with van der Waals surface area (Å²) < 4.78 is 5.33. The molecule has 1 heterocycles. The molecule has 100 valence electrons. The normalized spacial score (nSPS) is 22.2. The first-order valence-corrected chi connectivity index (χ1v) is 7.14.